The Morgan fingerprint density at radius 3 is 2.25 bits per heavy atom. The number of nitrogens with two attached hydrogens (primary N) is 1. The minimum atomic E-state index is -3.35. The van der Waals surface area contributed by atoms with Crippen molar-refractivity contribution in [3.63, 3.8) is 0 Å². The lowest BCUT2D eigenvalue weighted by Crippen LogP contribution is -2.46. The zero-order chi connectivity index (χ0) is 12.8. The van der Waals surface area contributed by atoms with Gasteiger partial charge in [0.1, 0.15) is 0 Å². The summed E-state index contributed by atoms with van der Waals surface area (Å²) in [4.78, 5) is 0. The van der Waals surface area contributed by atoms with Gasteiger partial charge >= 0.3 is 0 Å². The van der Waals surface area contributed by atoms with Gasteiger partial charge in [0.15, 0.2) is 0 Å². The molecule has 0 aliphatic heterocycles. The van der Waals surface area contributed by atoms with Crippen LogP contribution < -0.4 is 10.5 Å². The molecule has 5 nitrogen and oxygen atoms in total. The van der Waals surface area contributed by atoms with Crippen LogP contribution in [-0.4, -0.2) is 38.9 Å². The lowest BCUT2D eigenvalue weighted by atomic mass is 9.94. The first-order valence-electron chi connectivity index (χ1n) is 5.74. The standard InChI is InChI=1S/C10H25N3O2S/c1-5-7-12-16(14,15)13(6-2)9-10(3,4)8-11/h12H,5-9,11H2,1-4H3. The molecule has 6 heteroatoms. The highest BCUT2D eigenvalue weighted by molar-refractivity contribution is 7.87. The normalized spacial score (nSPS) is 13.4. The number of hydrogen-bond donors (Lipinski definition) is 2. The molecule has 0 aromatic carbocycles. The van der Waals surface area contributed by atoms with Crippen LogP contribution in [0.4, 0.5) is 0 Å². The molecule has 0 rings (SSSR count). The first kappa shape index (κ1) is 15.8. The zero-order valence-corrected chi connectivity index (χ0v) is 11.6. The summed E-state index contributed by atoms with van der Waals surface area (Å²) in [6.07, 6.45) is 0.789. The van der Waals surface area contributed by atoms with Crippen molar-refractivity contribution in [2.75, 3.05) is 26.2 Å². The number of hydrogen-bond acceptors (Lipinski definition) is 3. The molecule has 0 amide bonds. The van der Waals surface area contributed by atoms with E-state index in [4.69, 9.17) is 5.73 Å². The Bertz CT molecular complexity index is 288. The van der Waals surface area contributed by atoms with Crippen molar-refractivity contribution in [2.24, 2.45) is 11.1 Å². The average Bonchev–Trinajstić information content (AvgIpc) is 2.23. The maximum Gasteiger partial charge on any atom is 0.279 e. The highest BCUT2D eigenvalue weighted by Gasteiger charge is 2.26. The second-order valence-corrected chi connectivity index (χ2v) is 6.45. The summed E-state index contributed by atoms with van der Waals surface area (Å²) in [5.41, 5.74) is 5.41. The lowest BCUT2D eigenvalue weighted by molar-refractivity contribution is 0.270. The fourth-order valence-corrected chi connectivity index (χ4v) is 2.74. The van der Waals surface area contributed by atoms with Gasteiger partial charge in [0, 0.05) is 19.6 Å². The third-order valence-corrected chi connectivity index (χ3v) is 4.02. The summed E-state index contributed by atoms with van der Waals surface area (Å²) < 4.78 is 27.8. The molecule has 0 radical (unpaired) electrons. The van der Waals surface area contributed by atoms with Gasteiger partial charge < -0.3 is 5.73 Å². The number of rotatable bonds is 8. The molecule has 3 N–H and O–H groups in total. The molecule has 0 saturated heterocycles. The molecule has 0 atom stereocenters. The van der Waals surface area contributed by atoms with Gasteiger partial charge in [0.2, 0.25) is 0 Å². The van der Waals surface area contributed by atoms with E-state index in [1.54, 1.807) is 0 Å². The van der Waals surface area contributed by atoms with Gasteiger partial charge in [0.25, 0.3) is 10.2 Å². The quantitative estimate of drug-likeness (QED) is 0.661. The van der Waals surface area contributed by atoms with E-state index in [0.717, 1.165) is 6.42 Å². The summed E-state index contributed by atoms with van der Waals surface area (Å²) >= 11 is 0. The molecule has 0 unspecified atom stereocenters. The van der Waals surface area contributed by atoms with E-state index >= 15 is 0 Å². The van der Waals surface area contributed by atoms with E-state index in [1.165, 1.54) is 4.31 Å². The molecule has 0 heterocycles. The molecule has 16 heavy (non-hydrogen) atoms. The lowest BCUT2D eigenvalue weighted by Gasteiger charge is -2.30. The van der Waals surface area contributed by atoms with Crippen LogP contribution in [0.5, 0.6) is 0 Å². The van der Waals surface area contributed by atoms with Gasteiger partial charge in [-0.1, -0.05) is 27.7 Å². The Morgan fingerprint density at radius 2 is 1.88 bits per heavy atom. The summed E-state index contributed by atoms with van der Waals surface area (Å²) in [5, 5.41) is 0. The predicted molar refractivity (Wildman–Crippen MR) is 67.3 cm³/mol. The van der Waals surface area contributed by atoms with E-state index in [-0.39, 0.29) is 5.41 Å². The monoisotopic (exact) mass is 251 g/mol. The molecular formula is C10H25N3O2S. The Kier molecular flexibility index (Phi) is 6.47. The largest absolute Gasteiger partial charge is 0.330 e. The smallest absolute Gasteiger partial charge is 0.279 e. The fraction of sp³-hybridized carbons (Fsp3) is 1.00. The first-order chi connectivity index (χ1) is 7.29. The van der Waals surface area contributed by atoms with E-state index in [9.17, 15) is 8.42 Å². The number of nitrogens with one attached hydrogen (secondary N) is 1. The van der Waals surface area contributed by atoms with Gasteiger partial charge in [-0.15, -0.1) is 0 Å². The van der Waals surface area contributed by atoms with Crippen LogP contribution in [0.25, 0.3) is 0 Å². The summed E-state index contributed by atoms with van der Waals surface area (Å²) in [5.74, 6) is 0. The van der Waals surface area contributed by atoms with Crippen LogP contribution in [-0.2, 0) is 10.2 Å². The fourth-order valence-electron chi connectivity index (χ4n) is 1.23. The van der Waals surface area contributed by atoms with Gasteiger partial charge in [-0.3, -0.25) is 0 Å². The summed E-state index contributed by atoms with van der Waals surface area (Å²) in [6.45, 7) is 9.53. The van der Waals surface area contributed by atoms with Crippen LogP contribution in [0.1, 0.15) is 34.1 Å². The summed E-state index contributed by atoms with van der Waals surface area (Å²) in [6, 6.07) is 0. The topological polar surface area (TPSA) is 75.4 Å². The van der Waals surface area contributed by atoms with Crippen molar-refractivity contribution in [2.45, 2.75) is 34.1 Å². The Hall–Kier alpha value is -0.170. The van der Waals surface area contributed by atoms with Crippen molar-refractivity contribution in [3.8, 4) is 0 Å². The summed E-state index contributed by atoms with van der Waals surface area (Å²) in [7, 11) is -3.35. The predicted octanol–water partition coefficient (Wildman–Crippen LogP) is 0.538. The maximum atomic E-state index is 11.9. The van der Waals surface area contributed by atoms with Crippen LogP contribution in [0.3, 0.4) is 0 Å². The highest BCUT2D eigenvalue weighted by atomic mass is 32.2. The molecule has 0 aromatic rings. The van der Waals surface area contributed by atoms with E-state index in [0.29, 0.717) is 26.2 Å². The molecule has 0 aliphatic carbocycles. The van der Waals surface area contributed by atoms with Crippen LogP contribution in [0.2, 0.25) is 0 Å². The van der Waals surface area contributed by atoms with Crippen molar-refractivity contribution >= 4 is 10.2 Å². The number of nitrogens with zero attached hydrogens (tertiary/aromatic N) is 1. The van der Waals surface area contributed by atoms with Crippen molar-refractivity contribution < 1.29 is 8.42 Å². The third-order valence-electron chi connectivity index (χ3n) is 2.38. The van der Waals surface area contributed by atoms with Gasteiger partial charge in [0.05, 0.1) is 0 Å². The third kappa shape index (κ3) is 5.25. The van der Waals surface area contributed by atoms with Crippen LogP contribution >= 0.6 is 0 Å². The Balaban J connectivity index is 4.60. The molecular weight excluding hydrogens is 226 g/mol. The van der Waals surface area contributed by atoms with E-state index in [2.05, 4.69) is 4.72 Å². The van der Waals surface area contributed by atoms with Crippen LogP contribution in [0.15, 0.2) is 0 Å². The molecule has 0 aliphatic rings. The molecule has 0 fully saturated rings. The first-order valence-corrected chi connectivity index (χ1v) is 7.18. The van der Waals surface area contributed by atoms with Gasteiger partial charge in [-0.25, -0.2) is 4.72 Å². The second kappa shape index (κ2) is 6.54. The Morgan fingerprint density at radius 1 is 1.31 bits per heavy atom. The average molecular weight is 251 g/mol. The van der Waals surface area contributed by atoms with Crippen molar-refractivity contribution in [3.05, 3.63) is 0 Å². The minimum absolute atomic E-state index is 0.197. The van der Waals surface area contributed by atoms with Crippen molar-refractivity contribution in [1.82, 2.24) is 9.03 Å². The van der Waals surface area contributed by atoms with Crippen LogP contribution in [0, 0.1) is 5.41 Å². The SMILES string of the molecule is CCCNS(=O)(=O)N(CC)CC(C)(C)CN. The second-order valence-electron chi connectivity index (χ2n) is 4.69. The molecule has 0 bridgehead atoms. The zero-order valence-electron chi connectivity index (χ0n) is 10.8. The Labute approximate surface area is 99.6 Å². The molecule has 0 spiro atoms. The molecule has 98 valence electrons. The van der Waals surface area contributed by atoms with E-state index in [1.807, 2.05) is 27.7 Å². The van der Waals surface area contributed by atoms with E-state index < -0.39 is 10.2 Å². The van der Waals surface area contributed by atoms with Crippen molar-refractivity contribution in [1.29, 1.82) is 0 Å². The maximum absolute atomic E-state index is 11.9. The minimum Gasteiger partial charge on any atom is -0.330 e. The van der Waals surface area contributed by atoms with Gasteiger partial charge in [-0.2, -0.15) is 12.7 Å². The highest BCUT2D eigenvalue weighted by Crippen LogP contribution is 2.16. The van der Waals surface area contributed by atoms with Gasteiger partial charge in [-0.05, 0) is 18.4 Å². The molecule has 0 aromatic heterocycles. The molecule has 0 saturated carbocycles.